The van der Waals surface area contributed by atoms with Gasteiger partial charge in [-0.25, -0.2) is 0 Å². The van der Waals surface area contributed by atoms with Crippen LogP contribution in [-0.4, -0.2) is 22.5 Å². The number of nitro groups is 1. The van der Waals surface area contributed by atoms with E-state index in [1.807, 2.05) is 30.5 Å². The van der Waals surface area contributed by atoms with Crippen LogP contribution in [0.4, 0.5) is 11.4 Å². The number of thioether (sulfide) groups is 1. The molecule has 0 bridgehead atoms. The summed E-state index contributed by atoms with van der Waals surface area (Å²) in [5.74, 6) is -0.0413. The lowest BCUT2D eigenvalue weighted by molar-refractivity contribution is -0.384. The maximum atomic E-state index is 10.7. The summed E-state index contributed by atoms with van der Waals surface area (Å²) in [4.78, 5) is 15.5. The second kappa shape index (κ2) is 6.21. The molecular formula is C14H12N2O3S. The molecule has 0 aromatic heterocycles. The van der Waals surface area contributed by atoms with Gasteiger partial charge in [0.05, 0.1) is 10.6 Å². The van der Waals surface area contributed by atoms with Gasteiger partial charge in [0.15, 0.2) is 0 Å². The maximum Gasteiger partial charge on any atom is 0.270 e. The van der Waals surface area contributed by atoms with E-state index in [0.29, 0.717) is 5.56 Å². The number of hydrogen-bond donors (Lipinski definition) is 1. The standard InChI is InChI=1S/C14H12N2O3S/c1-20-13-4-2-3-11(8-13)15-9-10-7-12(16(18)19)5-6-14(10)17/h2-9,17H,1H3. The average molecular weight is 288 g/mol. The van der Waals surface area contributed by atoms with E-state index in [9.17, 15) is 15.2 Å². The largest absolute Gasteiger partial charge is 0.507 e. The molecule has 20 heavy (non-hydrogen) atoms. The summed E-state index contributed by atoms with van der Waals surface area (Å²) in [6, 6.07) is 11.4. The van der Waals surface area contributed by atoms with E-state index < -0.39 is 4.92 Å². The minimum atomic E-state index is -0.509. The fraction of sp³-hybridized carbons (Fsp3) is 0.0714. The van der Waals surface area contributed by atoms with Crippen LogP contribution in [0, 0.1) is 10.1 Å². The molecule has 2 aromatic carbocycles. The van der Waals surface area contributed by atoms with Crippen molar-refractivity contribution in [3.8, 4) is 5.75 Å². The number of rotatable bonds is 4. The molecule has 0 fully saturated rings. The molecule has 0 radical (unpaired) electrons. The van der Waals surface area contributed by atoms with Crippen LogP contribution >= 0.6 is 11.8 Å². The highest BCUT2D eigenvalue weighted by Crippen LogP contribution is 2.24. The molecular weight excluding hydrogens is 276 g/mol. The van der Waals surface area contributed by atoms with Crippen LogP contribution < -0.4 is 0 Å². The number of nitrogens with zero attached hydrogens (tertiary/aromatic N) is 2. The lowest BCUT2D eigenvalue weighted by Gasteiger charge is -2.00. The van der Waals surface area contributed by atoms with Crippen LogP contribution in [0.3, 0.4) is 0 Å². The second-order valence-corrected chi connectivity index (χ2v) is 4.84. The normalized spacial score (nSPS) is 10.8. The molecule has 0 aliphatic rings. The van der Waals surface area contributed by atoms with Crippen molar-refractivity contribution in [1.82, 2.24) is 0 Å². The van der Waals surface area contributed by atoms with Gasteiger partial charge in [-0.2, -0.15) is 0 Å². The van der Waals surface area contributed by atoms with E-state index in [1.54, 1.807) is 11.8 Å². The Morgan fingerprint density at radius 3 is 2.80 bits per heavy atom. The van der Waals surface area contributed by atoms with Crippen molar-refractivity contribution in [3.63, 3.8) is 0 Å². The Balaban J connectivity index is 2.30. The van der Waals surface area contributed by atoms with Crippen LogP contribution in [0.2, 0.25) is 0 Å². The van der Waals surface area contributed by atoms with E-state index in [1.165, 1.54) is 24.4 Å². The van der Waals surface area contributed by atoms with E-state index in [-0.39, 0.29) is 11.4 Å². The van der Waals surface area contributed by atoms with Crippen molar-refractivity contribution < 1.29 is 10.0 Å². The van der Waals surface area contributed by atoms with Gasteiger partial charge in [-0.05, 0) is 30.5 Å². The van der Waals surface area contributed by atoms with Crippen molar-refractivity contribution in [2.24, 2.45) is 4.99 Å². The summed E-state index contributed by atoms with van der Waals surface area (Å²) in [5.41, 5.74) is 0.957. The fourth-order valence-corrected chi connectivity index (χ4v) is 2.05. The summed E-state index contributed by atoms with van der Waals surface area (Å²) in [6.07, 6.45) is 3.39. The Bertz CT molecular complexity index is 671. The smallest absolute Gasteiger partial charge is 0.270 e. The zero-order valence-corrected chi connectivity index (χ0v) is 11.5. The zero-order valence-electron chi connectivity index (χ0n) is 10.7. The Morgan fingerprint density at radius 1 is 1.30 bits per heavy atom. The van der Waals surface area contributed by atoms with E-state index in [0.717, 1.165) is 10.6 Å². The summed E-state index contributed by atoms with van der Waals surface area (Å²) < 4.78 is 0. The molecule has 0 saturated heterocycles. The molecule has 0 saturated carbocycles. The van der Waals surface area contributed by atoms with Crippen LogP contribution in [0.5, 0.6) is 5.75 Å². The number of aromatic hydroxyl groups is 1. The average Bonchev–Trinajstić information content (AvgIpc) is 2.46. The molecule has 0 unspecified atom stereocenters. The van der Waals surface area contributed by atoms with Crippen molar-refractivity contribution in [1.29, 1.82) is 0 Å². The Labute approximate surface area is 120 Å². The van der Waals surface area contributed by atoms with Gasteiger partial charge in [0.1, 0.15) is 5.75 Å². The predicted octanol–water partition coefficient (Wildman–Crippen LogP) is 3.77. The molecule has 5 nitrogen and oxygen atoms in total. The molecule has 0 aliphatic heterocycles. The SMILES string of the molecule is CSc1cccc(N=Cc2cc([N+](=O)[O-])ccc2O)c1. The summed E-state index contributed by atoms with van der Waals surface area (Å²) >= 11 is 1.60. The number of phenolic OH excluding ortho intramolecular Hbond substituents is 1. The first-order valence-corrected chi connectivity index (χ1v) is 6.98. The highest BCUT2D eigenvalue weighted by Gasteiger charge is 2.08. The molecule has 0 amide bonds. The lowest BCUT2D eigenvalue weighted by atomic mass is 10.2. The topological polar surface area (TPSA) is 75.7 Å². The van der Waals surface area contributed by atoms with Gasteiger partial charge in [-0.3, -0.25) is 15.1 Å². The van der Waals surface area contributed by atoms with E-state index >= 15 is 0 Å². The van der Waals surface area contributed by atoms with Gasteiger partial charge in [-0.15, -0.1) is 11.8 Å². The molecule has 0 aliphatic carbocycles. The Morgan fingerprint density at radius 2 is 2.10 bits per heavy atom. The van der Waals surface area contributed by atoms with Gasteiger partial charge in [0.2, 0.25) is 0 Å². The monoisotopic (exact) mass is 288 g/mol. The Hall–Kier alpha value is -2.34. The fourth-order valence-electron chi connectivity index (χ4n) is 1.59. The lowest BCUT2D eigenvalue weighted by Crippen LogP contribution is -1.90. The van der Waals surface area contributed by atoms with Crippen molar-refractivity contribution in [2.75, 3.05) is 6.26 Å². The summed E-state index contributed by atoms with van der Waals surface area (Å²) in [6.45, 7) is 0. The molecule has 102 valence electrons. The molecule has 0 atom stereocenters. The van der Waals surface area contributed by atoms with Crippen molar-refractivity contribution in [3.05, 3.63) is 58.1 Å². The van der Waals surface area contributed by atoms with Gasteiger partial charge >= 0.3 is 0 Å². The number of benzene rings is 2. The minimum absolute atomic E-state index is 0.0413. The van der Waals surface area contributed by atoms with E-state index in [2.05, 4.69) is 4.99 Å². The van der Waals surface area contributed by atoms with Crippen LogP contribution in [0.1, 0.15) is 5.56 Å². The molecule has 1 N–H and O–H groups in total. The highest BCUT2D eigenvalue weighted by molar-refractivity contribution is 7.98. The number of aliphatic imine (C=N–C) groups is 1. The van der Waals surface area contributed by atoms with Gasteiger partial charge in [-0.1, -0.05) is 6.07 Å². The van der Waals surface area contributed by atoms with Gasteiger partial charge < -0.3 is 5.11 Å². The highest BCUT2D eigenvalue weighted by atomic mass is 32.2. The summed E-state index contributed by atoms with van der Waals surface area (Å²) in [5, 5.41) is 20.4. The van der Waals surface area contributed by atoms with Crippen LogP contribution in [0.15, 0.2) is 52.4 Å². The second-order valence-electron chi connectivity index (χ2n) is 3.96. The first-order chi connectivity index (χ1) is 9.60. The number of hydrogen-bond acceptors (Lipinski definition) is 5. The third-order valence-corrected chi connectivity index (χ3v) is 3.35. The summed E-state index contributed by atoms with van der Waals surface area (Å²) in [7, 11) is 0. The minimum Gasteiger partial charge on any atom is -0.507 e. The van der Waals surface area contributed by atoms with Crippen molar-refractivity contribution in [2.45, 2.75) is 4.90 Å². The molecule has 6 heteroatoms. The number of non-ortho nitro benzene ring substituents is 1. The third kappa shape index (κ3) is 3.36. The molecule has 2 aromatic rings. The van der Waals surface area contributed by atoms with E-state index in [4.69, 9.17) is 0 Å². The van der Waals surface area contributed by atoms with Crippen molar-refractivity contribution >= 4 is 29.4 Å². The molecule has 0 spiro atoms. The third-order valence-electron chi connectivity index (χ3n) is 2.63. The van der Waals surface area contributed by atoms with Gasteiger partial charge in [0.25, 0.3) is 5.69 Å². The predicted molar refractivity (Wildman–Crippen MR) is 80.2 cm³/mol. The van der Waals surface area contributed by atoms with Crippen LogP contribution in [0.25, 0.3) is 0 Å². The van der Waals surface area contributed by atoms with Gasteiger partial charge in [0, 0.05) is 28.8 Å². The Kier molecular flexibility index (Phi) is 4.37. The maximum absolute atomic E-state index is 10.7. The number of phenols is 1. The molecule has 2 rings (SSSR count). The first-order valence-electron chi connectivity index (χ1n) is 5.75. The van der Waals surface area contributed by atoms with Crippen LogP contribution in [-0.2, 0) is 0 Å². The zero-order chi connectivity index (χ0) is 14.5. The molecule has 0 heterocycles. The quantitative estimate of drug-likeness (QED) is 0.402. The first kappa shape index (κ1) is 14.1. The number of nitro benzene ring substituents is 1.